The summed E-state index contributed by atoms with van der Waals surface area (Å²) in [6.45, 7) is 16.6. The van der Waals surface area contributed by atoms with Gasteiger partial charge in [0.05, 0.1) is 17.1 Å². The minimum atomic E-state index is -0.0296. The molecule has 39 heavy (non-hydrogen) atoms. The first-order valence-electron chi connectivity index (χ1n) is 13.9. The number of rotatable bonds is 11. The second-order valence-corrected chi connectivity index (χ2v) is 10.7. The Hall–Kier alpha value is -2.45. The average Bonchev–Trinajstić information content (AvgIpc) is 3.44. The lowest BCUT2D eigenvalue weighted by molar-refractivity contribution is 0.295. The number of hydrogen-bond donors (Lipinski definition) is 2. The summed E-state index contributed by atoms with van der Waals surface area (Å²) in [7, 11) is 0. The van der Waals surface area contributed by atoms with Gasteiger partial charge in [-0.2, -0.15) is 0 Å². The molecule has 1 saturated heterocycles. The van der Waals surface area contributed by atoms with Gasteiger partial charge in [-0.05, 0) is 98.7 Å². The summed E-state index contributed by atoms with van der Waals surface area (Å²) in [5, 5.41) is 4.54. The topological polar surface area (TPSA) is 60.6 Å². The van der Waals surface area contributed by atoms with Crippen LogP contribution in [0.3, 0.4) is 0 Å². The van der Waals surface area contributed by atoms with E-state index in [0.717, 1.165) is 71.9 Å². The van der Waals surface area contributed by atoms with Crippen LogP contribution in [0.2, 0.25) is 0 Å². The normalized spacial score (nSPS) is 15.0. The van der Waals surface area contributed by atoms with Gasteiger partial charge >= 0.3 is 0 Å². The van der Waals surface area contributed by atoms with Crippen molar-refractivity contribution in [3.8, 4) is 5.75 Å². The first kappa shape index (κ1) is 31.1. The number of thiocarbonyl (C=S) groups is 1. The van der Waals surface area contributed by atoms with Crippen molar-refractivity contribution in [2.24, 2.45) is 0 Å². The van der Waals surface area contributed by atoms with Crippen LogP contribution in [0, 0.1) is 13.8 Å². The standard InChI is InChI=1S/C31H42N4O2S.ClH/c1-6-34(7-2)20-28-21(4)15-24-17-25(31(36)33-30(24)22(28)5)19-35(26-13-14-32-18-26)29(38)16-23-9-11-27(12-10-23)37-8-3;/h9-12,15,17,26,32H,6-8,13-14,16,18-20H2,1-5H3,(H,33,36);1H. The fourth-order valence-electron chi connectivity index (χ4n) is 5.47. The van der Waals surface area contributed by atoms with Crippen molar-refractivity contribution < 1.29 is 4.74 Å². The molecular formula is C31H43ClN4O2S. The highest BCUT2D eigenvalue weighted by atomic mass is 35.5. The molecule has 212 valence electrons. The highest BCUT2D eigenvalue weighted by Gasteiger charge is 2.26. The van der Waals surface area contributed by atoms with Gasteiger partial charge in [0.25, 0.3) is 5.56 Å². The molecule has 1 fully saturated rings. The summed E-state index contributed by atoms with van der Waals surface area (Å²) >= 11 is 5.99. The maximum atomic E-state index is 13.4. The maximum absolute atomic E-state index is 13.4. The number of aromatic amines is 1. The van der Waals surface area contributed by atoms with Gasteiger partial charge in [-0.25, -0.2) is 0 Å². The van der Waals surface area contributed by atoms with Crippen molar-refractivity contribution in [2.75, 3.05) is 32.8 Å². The molecule has 1 unspecified atom stereocenters. The molecule has 0 amide bonds. The zero-order valence-electron chi connectivity index (χ0n) is 23.9. The SMILES string of the molecule is CCOc1ccc(CC(=S)N(Cc2cc3cc(C)c(CN(CC)CC)c(C)c3[nH]c2=O)C2CCNC2)cc1.Cl. The summed E-state index contributed by atoms with van der Waals surface area (Å²) in [5.41, 5.74) is 6.55. The minimum absolute atomic E-state index is 0. The first-order valence-corrected chi connectivity index (χ1v) is 14.3. The highest BCUT2D eigenvalue weighted by Crippen LogP contribution is 2.26. The Kier molecular flexibility index (Phi) is 11.4. The van der Waals surface area contributed by atoms with Crippen molar-refractivity contribution in [2.45, 2.75) is 66.6 Å². The third-order valence-electron chi connectivity index (χ3n) is 7.83. The zero-order valence-corrected chi connectivity index (χ0v) is 25.6. The molecule has 3 aromatic rings. The molecule has 2 aromatic carbocycles. The highest BCUT2D eigenvalue weighted by molar-refractivity contribution is 7.80. The van der Waals surface area contributed by atoms with Crippen LogP contribution in [-0.4, -0.2) is 58.6 Å². The van der Waals surface area contributed by atoms with E-state index in [0.29, 0.717) is 19.6 Å². The largest absolute Gasteiger partial charge is 0.494 e. The van der Waals surface area contributed by atoms with Gasteiger partial charge in [-0.1, -0.05) is 38.2 Å². The smallest absolute Gasteiger partial charge is 0.253 e. The summed E-state index contributed by atoms with van der Waals surface area (Å²) in [4.78, 5) is 22.1. The van der Waals surface area contributed by atoms with Gasteiger partial charge in [-0.3, -0.25) is 9.69 Å². The molecule has 4 rings (SSSR count). The van der Waals surface area contributed by atoms with Crippen molar-refractivity contribution in [1.82, 2.24) is 20.1 Å². The first-order chi connectivity index (χ1) is 18.3. The van der Waals surface area contributed by atoms with E-state index in [1.165, 1.54) is 16.7 Å². The quantitative estimate of drug-likeness (QED) is 0.295. The minimum Gasteiger partial charge on any atom is -0.494 e. The number of aromatic nitrogens is 1. The van der Waals surface area contributed by atoms with E-state index in [1.54, 1.807) is 0 Å². The molecule has 1 aliphatic rings. The van der Waals surface area contributed by atoms with Gasteiger partial charge in [0.15, 0.2) is 0 Å². The van der Waals surface area contributed by atoms with Crippen molar-refractivity contribution in [3.63, 3.8) is 0 Å². The Morgan fingerprint density at radius 2 is 1.79 bits per heavy atom. The zero-order chi connectivity index (χ0) is 27.2. The number of halogens is 1. The molecule has 0 aliphatic carbocycles. The molecule has 1 aliphatic heterocycles. The van der Waals surface area contributed by atoms with Crippen LogP contribution in [0.15, 0.2) is 41.2 Å². The third-order valence-corrected chi connectivity index (χ3v) is 8.21. The van der Waals surface area contributed by atoms with Gasteiger partial charge < -0.3 is 19.9 Å². The summed E-state index contributed by atoms with van der Waals surface area (Å²) in [6.07, 6.45) is 1.68. The lowest BCUT2D eigenvalue weighted by Gasteiger charge is -2.31. The number of ether oxygens (including phenoxy) is 1. The third kappa shape index (κ3) is 7.40. The van der Waals surface area contributed by atoms with E-state index in [-0.39, 0.29) is 24.0 Å². The molecule has 1 atom stereocenters. The Morgan fingerprint density at radius 1 is 1.08 bits per heavy atom. The molecule has 0 radical (unpaired) electrons. The summed E-state index contributed by atoms with van der Waals surface area (Å²) in [6, 6.07) is 12.7. The fourth-order valence-corrected chi connectivity index (χ4v) is 5.85. The number of nitrogens with zero attached hydrogens (tertiary/aromatic N) is 2. The second kappa shape index (κ2) is 14.3. The van der Waals surface area contributed by atoms with Crippen LogP contribution in [-0.2, 0) is 19.5 Å². The fraction of sp³-hybridized carbons (Fsp3) is 0.484. The van der Waals surface area contributed by atoms with E-state index in [2.05, 4.69) is 72.1 Å². The number of benzene rings is 2. The number of nitrogens with one attached hydrogen (secondary N) is 2. The predicted octanol–water partition coefficient (Wildman–Crippen LogP) is 5.54. The van der Waals surface area contributed by atoms with Gasteiger partial charge in [0.2, 0.25) is 0 Å². The molecule has 8 heteroatoms. The van der Waals surface area contributed by atoms with Crippen molar-refractivity contribution in [3.05, 3.63) is 74.6 Å². The van der Waals surface area contributed by atoms with Crippen LogP contribution < -0.4 is 15.6 Å². The van der Waals surface area contributed by atoms with Gasteiger partial charge in [0.1, 0.15) is 5.75 Å². The molecule has 1 aromatic heterocycles. The number of fused-ring (bicyclic) bond motifs is 1. The Bertz CT molecular complexity index is 1310. The lowest BCUT2D eigenvalue weighted by atomic mass is 9.97. The van der Waals surface area contributed by atoms with Crippen LogP contribution in [0.5, 0.6) is 5.75 Å². The monoisotopic (exact) mass is 570 g/mol. The van der Waals surface area contributed by atoms with E-state index < -0.39 is 0 Å². The van der Waals surface area contributed by atoms with Crippen LogP contribution >= 0.6 is 24.6 Å². The van der Waals surface area contributed by atoms with E-state index in [9.17, 15) is 4.79 Å². The molecule has 0 bridgehead atoms. The second-order valence-electron chi connectivity index (χ2n) is 10.3. The van der Waals surface area contributed by atoms with Gasteiger partial charge in [-0.15, -0.1) is 12.4 Å². The van der Waals surface area contributed by atoms with Crippen molar-refractivity contribution in [1.29, 1.82) is 0 Å². The predicted molar refractivity (Wildman–Crippen MR) is 169 cm³/mol. The molecular weight excluding hydrogens is 528 g/mol. The molecule has 0 saturated carbocycles. The lowest BCUT2D eigenvalue weighted by Crippen LogP contribution is -2.42. The van der Waals surface area contributed by atoms with Crippen LogP contribution in [0.25, 0.3) is 10.9 Å². The Labute approximate surface area is 244 Å². The molecule has 2 heterocycles. The number of pyridine rings is 1. The molecule has 0 spiro atoms. The van der Waals surface area contributed by atoms with Crippen LogP contribution in [0.4, 0.5) is 0 Å². The average molecular weight is 571 g/mol. The molecule has 6 nitrogen and oxygen atoms in total. The Balaban J connectivity index is 0.00000420. The Morgan fingerprint density at radius 3 is 2.41 bits per heavy atom. The van der Waals surface area contributed by atoms with E-state index >= 15 is 0 Å². The number of aryl methyl sites for hydroxylation is 2. The van der Waals surface area contributed by atoms with Crippen LogP contribution in [0.1, 0.15) is 55.0 Å². The van der Waals surface area contributed by atoms with Gasteiger partial charge in [0, 0.05) is 37.7 Å². The maximum Gasteiger partial charge on any atom is 0.253 e. The van der Waals surface area contributed by atoms with E-state index in [1.807, 2.05) is 19.1 Å². The van der Waals surface area contributed by atoms with Crippen molar-refractivity contribution >= 4 is 40.5 Å². The molecule has 2 N–H and O–H groups in total. The summed E-state index contributed by atoms with van der Waals surface area (Å²) < 4.78 is 5.58. The summed E-state index contributed by atoms with van der Waals surface area (Å²) in [5.74, 6) is 0.868. The number of H-pyrrole nitrogens is 1. The van der Waals surface area contributed by atoms with E-state index in [4.69, 9.17) is 17.0 Å². The number of hydrogen-bond acceptors (Lipinski definition) is 5.